The van der Waals surface area contributed by atoms with Crippen molar-refractivity contribution in [2.75, 3.05) is 32.8 Å². The SMILES string of the molecule is CCNC(=NCCNC(=O)c1cccc(C)c1)NCCOc1ccccc1.I. The first-order chi connectivity index (χ1) is 13.2. The highest BCUT2D eigenvalue weighted by Gasteiger charge is 2.04. The van der Waals surface area contributed by atoms with E-state index < -0.39 is 0 Å². The normalized spacial score (nSPS) is 10.6. The molecule has 0 heterocycles. The summed E-state index contributed by atoms with van der Waals surface area (Å²) in [6.45, 7) is 6.89. The van der Waals surface area contributed by atoms with Crippen molar-refractivity contribution in [2.24, 2.45) is 4.99 Å². The molecule has 6 nitrogen and oxygen atoms in total. The topological polar surface area (TPSA) is 74.8 Å². The van der Waals surface area contributed by atoms with Crippen molar-refractivity contribution in [3.63, 3.8) is 0 Å². The monoisotopic (exact) mass is 496 g/mol. The minimum absolute atomic E-state index is 0. The Morgan fingerprint density at radius 3 is 2.50 bits per heavy atom. The van der Waals surface area contributed by atoms with Gasteiger partial charge in [-0.05, 0) is 38.1 Å². The maximum atomic E-state index is 12.1. The lowest BCUT2D eigenvalue weighted by atomic mass is 10.1. The van der Waals surface area contributed by atoms with Crippen LogP contribution < -0.4 is 20.7 Å². The van der Waals surface area contributed by atoms with E-state index in [-0.39, 0.29) is 29.9 Å². The second kappa shape index (κ2) is 13.8. The van der Waals surface area contributed by atoms with Crippen LogP contribution in [0.4, 0.5) is 0 Å². The van der Waals surface area contributed by atoms with Crippen LogP contribution in [0.1, 0.15) is 22.8 Å². The van der Waals surface area contributed by atoms with Gasteiger partial charge in [-0.2, -0.15) is 0 Å². The summed E-state index contributed by atoms with van der Waals surface area (Å²) in [4.78, 5) is 16.6. The van der Waals surface area contributed by atoms with E-state index in [2.05, 4.69) is 20.9 Å². The fourth-order valence-electron chi connectivity index (χ4n) is 2.42. The van der Waals surface area contributed by atoms with E-state index in [4.69, 9.17) is 4.74 Å². The zero-order chi connectivity index (χ0) is 19.3. The number of nitrogens with zero attached hydrogens (tertiary/aromatic N) is 1. The van der Waals surface area contributed by atoms with Crippen LogP contribution in [-0.4, -0.2) is 44.7 Å². The number of carbonyl (C=O) groups is 1. The Morgan fingerprint density at radius 1 is 1.00 bits per heavy atom. The fourth-order valence-corrected chi connectivity index (χ4v) is 2.42. The number of rotatable bonds is 9. The summed E-state index contributed by atoms with van der Waals surface area (Å²) in [6.07, 6.45) is 0. The maximum Gasteiger partial charge on any atom is 0.251 e. The van der Waals surface area contributed by atoms with E-state index in [0.29, 0.717) is 37.8 Å². The average molecular weight is 496 g/mol. The molecule has 0 atom stereocenters. The van der Waals surface area contributed by atoms with Gasteiger partial charge in [-0.25, -0.2) is 0 Å². The van der Waals surface area contributed by atoms with Crippen LogP contribution in [0.2, 0.25) is 0 Å². The van der Waals surface area contributed by atoms with Crippen LogP contribution in [0, 0.1) is 6.92 Å². The van der Waals surface area contributed by atoms with Crippen molar-refractivity contribution in [3.8, 4) is 5.75 Å². The van der Waals surface area contributed by atoms with Crippen LogP contribution >= 0.6 is 24.0 Å². The molecular weight excluding hydrogens is 467 g/mol. The van der Waals surface area contributed by atoms with Gasteiger partial charge in [-0.3, -0.25) is 9.79 Å². The number of para-hydroxylation sites is 1. The zero-order valence-corrected chi connectivity index (χ0v) is 18.7. The predicted octanol–water partition coefficient (Wildman–Crippen LogP) is 2.98. The van der Waals surface area contributed by atoms with E-state index >= 15 is 0 Å². The van der Waals surface area contributed by atoms with Gasteiger partial charge in [0.25, 0.3) is 5.91 Å². The Bertz CT molecular complexity index is 738. The van der Waals surface area contributed by atoms with Crippen LogP contribution in [0.15, 0.2) is 59.6 Å². The van der Waals surface area contributed by atoms with Gasteiger partial charge in [0.15, 0.2) is 5.96 Å². The molecule has 0 aliphatic heterocycles. The number of nitrogens with one attached hydrogen (secondary N) is 3. The molecule has 0 saturated carbocycles. The number of carbonyl (C=O) groups excluding carboxylic acids is 1. The fraction of sp³-hybridized carbons (Fsp3) is 0.333. The van der Waals surface area contributed by atoms with Gasteiger partial charge < -0.3 is 20.7 Å². The summed E-state index contributed by atoms with van der Waals surface area (Å²) in [5.41, 5.74) is 1.74. The van der Waals surface area contributed by atoms with E-state index in [1.165, 1.54) is 0 Å². The molecule has 0 aromatic heterocycles. The first-order valence-electron chi connectivity index (χ1n) is 9.24. The third-order valence-corrected chi connectivity index (χ3v) is 3.70. The van der Waals surface area contributed by atoms with E-state index in [9.17, 15) is 4.79 Å². The Morgan fingerprint density at radius 2 is 1.79 bits per heavy atom. The predicted molar refractivity (Wildman–Crippen MR) is 125 cm³/mol. The summed E-state index contributed by atoms with van der Waals surface area (Å²) in [5, 5.41) is 9.28. The molecule has 3 N–H and O–H groups in total. The lowest BCUT2D eigenvalue weighted by molar-refractivity contribution is 0.0954. The van der Waals surface area contributed by atoms with E-state index in [1.54, 1.807) is 0 Å². The Labute approximate surface area is 184 Å². The molecule has 2 aromatic carbocycles. The van der Waals surface area contributed by atoms with Gasteiger partial charge >= 0.3 is 0 Å². The molecule has 0 spiro atoms. The minimum Gasteiger partial charge on any atom is -0.492 e. The van der Waals surface area contributed by atoms with Gasteiger partial charge in [0.1, 0.15) is 12.4 Å². The average Bonchev–Trinajstić information content (AvgIpc) is 2.69. The summed E-state index contributed by atoms with van der Waals surface area (Å²) in [7, 11) is 0. The summed E-state index contributed by atoms with van der Waals surface area (Å²) in [6, 6.07) is 17.2. The van der Waals surface area contributed by atoms with Gasteiger partial charge in [-0.1, -0.05) is 35.9 Å². The number of ether oxygens (including phenoxy) is 1. The number of benzene rings is 2. The van der Waals surface area contributed by atoms with Crippen molar-refractivity contribution >= 4 is 35.8 Å². The number of aryl methyl sites for hydroxylation is 1. The van der Waals surface area contributed by atoms with Gasteiger partial charge in [0.2, 0.25) is 0 Å². The minimum atomic E-state index is -0.0804. The summed E-state index contributed by atoms with van der Waals surface area (Å²) < 4.78 is 5.65. The molecule has 0 aliphatic rings. The van der Waals surface area contributed by atoms with Crippen LogP contribution in [0.25, 0.3) is 0 Å². The Hall–Kier alpha value is -2.29. The highest BCUT2D eigenvalue weighted by molar-refractivity contribution is 14.0. The molecule has 0 aliphatic carbocycles. The Balaban J connectivity index is 0.00000392. The smallest absolute Gasteiger partial charge is 0.251 e. The molecule has 1 amide bonds. The molecule has 7 heteroatoms. The second-order valence-electron chi connectivity index (χ2n) is 5.97. The largest absolute Gasteiger partial charge is 0.492 e. The number of amides is 1. The first kappa shape index (κ1) is 23.7. The lowest BCUT2D eigenvalue weighted by Gasteiger charge is -2.12. The van der Waals surface area contributed by atoms with Crippen LogP contribution in [-0.2, 0) is 0 Å². The molecule has 2 rings (SSSR count). The van der Waals surface area contributed by atoms with E-state index in [0.717, 1.165) is 17.9 Å². The molecule has 0 unspecified atom stereocenters. The van der Waals surface area contributed by atoms with Crippen LogP contribution in [0.5, 0.6) is 5.75 Å². The van der Waals surface area contributed by atoms with Crippen molar-refractivity contribution in [1.29, 1.82) is 0 Å². The number of hydrogen-bond acceptors (Lipinski definition) is 3. The third-order valence-electron chi connectivity index (χ3n) is 3.70. The van der Waals surface area contributed by atoms with Crippen molar-refractivity contribution in [2.45, 2.75) is 13.8 Å². The highest BCUT2D eigenvalue weighted by atomic mass is 127. The first-order valence-corrected chi connectivity index (χ1v) is 9.24. The highest BCUT2D eigenvalue weighted by Crippen LogP contribution is 2.07. The molecule has 0 fully saturated rings. The molecule has 0 radical (unpaired) electrons. The maximum absolute atomic E-state index is 12.1. The third kappa shape index (κ3) is 9.07. The molecular formula is C21H29IN4O2. The number of halogens is 1. The van der Waals surface area contributed by atoms with Gasteiger partial charge in [0, 0.05) is 18.7 Å². The molecule has 2 aromatic rings. The molecule has 152 valence electrons. The molecule has 0 bridgehead atoms. The quantitative estimate of drug-likeness (QED) is 0.216. The standard InChI is InChI=1S/C21H28N4O2.HI/c1-3-22-21(25-14-15-27-19-10-5-4-6-11-19)24-13-12-23-20(26)18-9-7-8-17(2)16-18;/h4-11,16H,3,12-15H2,1-2H3,(H,23,26)(H2,22,24,25);1H. The van der Waals surface area contributed by atoms with Crippen molar-refractivity contribution in [3.05, 3.63) is 65.7 Å². The number of aliphatic imine (C=N–C) groups is 1. The van der Waals surface area contributed by atoms with E-state index in [1.807, 2.05) is 68.4 Å². The Kier molecular flexibility index (Phi) is 11.7. The summed E-state index contributed by atoms with van der Waals surface area (Å²) >= 11 is 0. The zero-order valence-electron chi connectivity index (χ0n) is 16.4. The van der Waals surface area contributed by atoms with Gasteiger partial charge in [-0.15, -0.1) is 24.0 Å². The number of guanidine groups is 1. The molecule has 28 heavy (non-hydrogen) atoms. The van der Waals surface area contributed by atoms with Crippen molar-refractivity contribution < 1.29 is 9.53 Å². The van der Waals surface area contributed by atoms with Crippen molar-refractivity contribution in [1.82, 2.24) is 16.0 Å². The number of hydrogen-bond donors (Lipinski definition) is 3. The van der Waals surface area contributed by atoms with Crippen LogP contribution in [0.3, 0.4) is 0 Å². The van der Waals surface area contributed by atoms with Gasteiger partial charge in [0.05, 0.1) is 13.1 Å². The molecule has 0 saturated heterocycles. The lowest BCUT2D eigenvalue weighted by Crippen LogP contribution is -2.40. The summed E-state index contributed by atoms with van der Waals surface area (Å²) in [5.74, 6) is 1.47. The second-order valence-corrected chi connectivity index (χ2v) is 5.97.